The first-order valence-corrected chi connectivity index (χ1v) is 11.7. The maximum absolute atomic E-state index is 13.0. The Labute approximate surface area is 196 Å². The van der Waals surface area contributed by atoms with Gasteiger partial charge in [0.1, 0.15) is 5.75 Å². The van der Waals surface area contributed by atoms with Crippen molar-refractivity contribution < 1.29 is 22.7 Å². The molecule has 10 heteroatoms. The predicted molar refractivity (Wildman–Crippen MR) is 120 cm³/mol. The standard InChI is InChI=1S/C24H28F3N5O2/c1-31-7-4-23(5-8-31)6-9-32(23)21(33)19-14-29-22(30-15-19)28-13-16-10-18(17-2-3-17)12-20(11-16)34-24(25,26)27/h10-12,14-15,17H,2-9,13H2,1H3,(H,28,29,30). The van der Waals surface area contributed by atoms with Crippen LogP contribution in [0.15, 0.2) is 30.6 Å². The molecule has 3 fully saturated rings. The third kappa shape index (κ3) is 4.96. The van der Waals surface area contributed by atoms with Crippen LogP contribution in [-0.2, 0) is 6.54 Å². The first kappa shape index (κ1) is 22.9. The molecular weight excluding hydrogens is 447 g/mol. The van der Waals surface area contributed by atoms with E-state index in [-0.39, 0.29) is 29.7 Å². The summed E-state index contributed by atoms with van der Waals surface area (Å²) in [7, 11) is 2.10. The van der Waals surface area contributed by atoms with E-state index in [4.69, 9.17) is 0 Å². The topological polar surface area (TPSA) is 70.6 Å². The van der Waals surface area contributed by atoms with Crippen LogP contribution in [-0.4, -0.2) is 64.3 Å². The molecule has 0 bridgehead atoms. The van der Waals surface area contributed by atoms with Crippen LogP contribution in [0.3, 0.4) is 0 Å². The number of aromatic nitrogens is 2. The zero-order chi connectivity index (χ0) is 23.9. The monoisotopic (exact) mass is 475 g/mol. The second-order valence-corrected chi connectivity index (χ2v) is 9.62. The number of carbonyl (C=O) groups is 1. The van der Waals surface area contributed by atoms with E-state index in [1.165, 1.54) is 24.5 Å². The Morgan fingerprint density at radius 1 is 1.12 bits per heavy atom. The predicted octanol–water partition coefficient (Wildman–Crippen LogP) is 4.18. The summed E-state index contributed by atoms with van der Waals surface area (Å²) < 4.78 is 42.3. The van der Waals surface area contributed by atoms with Crippen LogP contribution in [0.4, 0.5) is 19.1 Å². The fourth-order valence-corrected chi connectivity index (χ4v) is 4.91. The van der Waals surface area contributed by atoms with E-state index in [0.29, 0.717) is 17.1 Å². The number of benzene rings is 1. The minimum Gasteiger partial charge on any atom is -0.406 e. The summed E-state index contributed by atoms with van der Waals surface area (Å²) in [6.07, 6.45) is 3.22. The van der Waals surface area contributed by atoms with Gasteiger partial charge in [-0.3, -0.25) is 4.79 Å². The number of nitrogens with one attached hydrogen (secondary N) is 1. The lowest BCUT2D eigenvalue weighted by atomic mass is 9.76. The molecule has 1 aromatic heterocycles. The zero-order valence-electron chi connectivity index (χ0n) is 19.1. The van der Waals surface area contributed by atoms with Gasteiger partial charge in [0.15, 0.2) is 0 Å². The molecule has 182 valence electrons. The highest BCUT2D eigenvalue weighted by atomic mass is 19.4. The minimum atomic E-state index is -4.74. The first-order chi connectivity index (χ1) is 16.2. The zero-order valence-corrected chi connectivity index (χ0v) is 19.1. The van der Waals surface area contributed by atoms with E-state index in [9.17, 15) is 18.0 Å². The molecule has 2 aliphatic heterocycles. The molecule has 1 aromatic carbocycles. The van der Waals surface area contributed by atoms with Crippen LogP contribution in [0.25, 0.3) is 0 Å². The van der Waals surface area contributed by atoms with Crippen molar-refractivity contribution >= 4 is 11.9 Å². The van der Waals surface area contributed by atoms with Crippen LogP contribution in [0.1, 0.15) is 59.5 Å². The van der Waals surface area contributed by atoms with Gasteiger partial charge in [-0.1, -0.05) is 6.07 Å². The van der Waals surface area contributed by atoms with Crippen LogP contribution in [0.5, 0.6) is 5.75 Å². The lowest BCUT2D eigenvalue weighted by Gasteiger charge is -2.56. The quantitative estimate of drug-likeness (QED) is 0.676. The van der Waals surface area contributed by atoms with Crippen molar-refractivity contribution in [1.82, 2.24) is 19.8 Å². The van der Waals surface area contributed by atoms with Gasteiger partial charge in [0.05, 0.1) is 5.56 Å². The lowest BCUT2D eigenvalue weighted by molar-refractivity contribution is -0.274. The number of carbonyl (C=O) groups excluding carboxylic acids is 1. The van der Waals surface area contributed by atoms with Gasteiger partial charge in [-0.2, -0.15) is 0 Å². The first-order valence-electron chi connectivity index (χ1n) is 11.7. The van der Waals surface area contributed by atoms with Crippen LogP contribution >= 0.6 is 0 Å². The van der Waals surface area contributed by atoms with E-state index >= 15 is 0 Å². The van der Waals surface area contributed by atoms with Crippen LogP contribution < -0.4 is 10.1 Å². The van der Waals surface area contributed by atoms with Gasteiger partial charge in [0.2, 0.25) is 5.95 Å². The Morgan fingerprint density at radius 2 is 1.79 bits per heavy atom. The molecule has 1 amide bonds. The third-order valence-electron chi connectivity index (χ3n) is 7.16. The Balaban J connectivity index is 1.22. The van der Waals surface area contributed by atoms with Crippen molar-refractivity contribution in [1.29, 1.82) is 0 Å². The number of ether oxygens (including phenoxy) is 1. The number of rotatable bonds is 6. The molecule has 0 radical (unpaired) electrons. The van der Waals surface area contributed by atoms with Gasteiger partial charge in [-0.15, -0.1) is 13.2 Å². The van der Waals surface area contributed by atoms with Gasteiger partial charge < -0.3 is 19.9 Å². The lowest BCUT2D eigenvalue weighted by Crippen LogP contribution is -2.65. The summed E-state index contributed by atoms with van der Waals surface area (Å²) in [6.45, 7) is 2.97. The molecule has 3 heterocycles. The van der Waals surface area contributed by atoms with Gasteiger partial charge in [-0.05, 0) is 68.3 Å². The van der Waals surface area contributed by atoms with Gasteiger partial charge in [0.25, 0.3) is 5.91 Å². The van der Waals surface area contributed by atoms with Crippen molar-refractivity contribution in [2.75, 3.05) is 32.0 Å². The Bertz CT molecular complexity index is 1050. The second kappa shape index (κ2) is 8.72. The van der Waals surface area contributed by atoms with Crippen molar-refractivity contribution in [2.24, 2.45) is 0 Å². The fourth-order valence-electron chi connectivity index (χ4n) is 4.91. The highest BCUT2D eigenvalue weighted by Gasteiger charge is 2.48. The number of hydrogen-bond donors (Lipinski definition) is 1. The number of anilines is 1. The maximum Gasteiger partial charge on any atom is 0.573 e. The summed E-state index contributed by atoms with van der Waals surface area (Å²) in [6, 6.07) is 4.71. The molecule has 34 heavy (non-hydrogen) atoms. The Kier molecular flexibility index (Phi) is 5.87. The molecule has 0 unspecified atom stereocenters. The van der Waals surface area contributed by atoms with E-state index in [2.05, 4.69) is 32.0 Å². The van der Waals surface area contributed by atoms with Crippen molar-refractivity contribution in [3.8, 4) is 5.75 Å². The number of nitrogens with zero attached hydrogens (tertiary/aromatic N) is 4. The second-order valence-electron chi connectivity index (χ2n) is 9.62. The van der Waals surface area contributed by atoms with E-state index in [1.807, 2.05) is 11.0 Å². The highest BCUT2D eigenvalue weighted by molar-refractivity contribution is 5.94. The fraction of sp³-hybridized carbons (Fsp3) is 0.542. The molecule has 5 rings (SSSR count). The van der Waals surface area contributed by atoms with Gasteiger partial charge in [-0.25, -0.2) is 9.97 Å². The largest absolute Gasteiger partial charge is 0.573 e. The molecule has 0 atom stereocenters. The molecule has 2 saturated heterocycles. The minimum absolute atomic E-state index is 0.0384. The van der Waals surface area contributed by atoms with Crippen molar-refractivity contribution in [2.45, 2.75) is 56.5 Å². The normalized spacial score (nSPS) is 20.2. The number of amides is 1. The van der Waals surface area contributed by atoms with E-state index < -0.39 is 6.36 Å². The molecule has 1 N–H and O–H groups in total. The molecule has 7 nitrogen and oxygen atoms in total. The molecule has 3 aliphatic rings. The molecule has 1 saturated carbocycles. The molecular formula is C24H28F3N5O2. The summed E-state index contributed by atoms with van der Waals surface area (Å²) in [5, 5.41) is 3.03. The van der Waals surface area contributed by atoms with Crippen molar-refractivity contribution in [3.05, 3.63) is 47.3 Å². The number of halogens is 3. The average Bonchev–Trinajstić information content (AvgIpc) is 3.62. The number of hydrogen-bond acceptors (Lipinski definition) is 6. The number of piperidine rings is 1. The van der Waals surface area contributed by atoms with Gasteiger partial charge >= 0.3 is 6.36 Å². The van der Waals surface area contributed by atoms with Crippen LogP contribution in [0, 0.1) is 0 Å². The smallest absolute Gasteiger partial charge is 0.406 e. The maximum atomic E-state index is 13.0. The van der Waals surface area contributed by atoms with Gasteiger partial charge in [0, 0.05) is 44.1 Å². The Hall–Kier alpha value is -2.88. The summed E-state index contributed by atoms with van der Waals surface area (Å²) in [5.41, 5.74) is 1.90. The molecule has 1 aliphatic carbocycles. The van der Waals surface area contributed by atoms with E-state index in [1.54, 1.807) is 0 Å². The SMILES string of the molecule is CN1CCC2(CC1)CCN2C(=O)c1cnc(NCc2cc(OC(F)(F)F)cc(C3CC3)c2)nc1. The Morgan fingerprint density at radius 3 is 2.38 bits per heavy atom. The summed E-state index contributed by atoms with van der Waals surface area (Å²) >= 11 is 0. The summed E-state index contributed by atoms with van der Waals surface area (Å²) in [5.74, 6) is 0.331. The molecule has 1 spiro atoms. The number of likely N-dealkylation sites (tertiary alicyclic amines) is 2. The number of alkyl halides is 3. The summed E-state index contributed by atoms with van der Waals surface area (Å²) in [4.78, 5) is 25.8. The van der Waals surface area contributed by atoms with Crippen molar-refractivity contribution in [3.63, 3.8) is 0 Å². The highest BCUT2D eigenvalue weighted by Crippen LogP contribution is 2.42. The van der Waals surface area contributed by atoms with Crippen LogP contribution in [0.2, 0.25) is 0 Å². The van der Waals surface area contributed by atoms with E-state index in [0.717, 1.165) is 57.3 Å². The third-order valence-corrected chi connectivity index (χ3v) is 7.16. The average molecular weight is 476 g/mol. The molecule has 2 aromatic rings.